The van der Waals surface area contributed by atoms with Crippen molar-refractivity contribution in [3.63, 3.8) is 0 Å². The first-order valence-electron chi connectivity index (χ1n) is 13.8. The molecular formula is C31H36ClN5O2S. The monoisotopic (exact) mass is 577 g/mol. The number of nitrogens with zero attached hydrogens (tertiary/aromatic N) is 4. The van der Waals surface area contributed by atoms with Crippen LogP contribution in [0.15, 0.2) is 54.9 Å². The minimum Gasteiger partial charge on any atom is -0.494 e. The van der Waals surface area contributed by atoms with Crippen LogP contribution >= 0.6 is 22.9 Å². The predicted octanol–water partition coefficient (Wildman–Crippen LogP) is 6.65. The van der Waals surface area contributed by atoms with Crippen LogP contribution in [0.5, 0.6) is 5.75 Å². The molecule has 1 saturated carbocycles. The predicted molar refractivity (Wildman–Crippen MR) is 165 cm³/mol. The highest BCUT2D eigenvalue weighted by atomic mass is 35.5. The highest BCUT2D eigenvalue weighted by molar-refractivity contribution is 7.21. The van der Waals surface area contributed by atoms with Gasteiger partial charge in [-0.25, -0.2) is 9.97 Å². The fourth-order valence-corrected chi connectivity index (χ4v) is 6.86. The van der Waals surface area contributed by atoms with E-state index in [9.17, 15) is 4.79 Å². The maximum atomic E-state index is 14.3. The summed E-state index contributed by atoms with van der Waals surface area (Å²) < 4.78 is 7.07. The summed E-state index contributed by atoms with van der Waals surface area (Å²) in [6, 6.07) is 14.6. The second kappa shape index (κ2) is 12.5. The van der Waals surface area contributed by atoms with Crippen LogP contribution in [-0.2, 0) is 6.54 Å². The minimum atomic E-state index is -0.0226. The maximum absolute atomic E-state index is 14.3. The summed E-state index contributed by atoms with van der Waals surface area (Å²) in [6.07, 6.45) is 7.59. The van der Waals surface area contributed by atoms with Crippen molar-refractivity contribution in [2.45, 2.75) is 51.2 Å². The number of benzene rings is 2. The second-order valence-electron chi connectivity index (χ2n) is 10.4. The lowest BCUT2D eigenvalue weighted by Crippen LogP contribution is -2.44. The molecule has 0 unspecified atom stereocenters. The molecule has 1 fully saturated rings. The van der Waals surface area contributed by atoms with Crippen molar-refractivity contribution < 1.29 is 9.53 Å². The third kappa shape index (κ3) is 5.94. The van der Waals surface area contributed by atoms with Gasteiger partial charge in [0.2, 0.25) is 5.95 Å². The van der Waals surface area contributed by atoms with E-state index in [1.807, 2.05) is 86.7 Å². The Balaban J connectivity index is 1.52. The Bertz CT molecular complexity index is 1460. The Morgan fingerprint density at radius 3 is 2.45 bits per heavy atom. The van der Waals surface area contributed by atoms with E-state index in [1.54, 1.807) is 0 Å². The zero-order valence-corrected chi connectivity index (χ0v) is 25.1. The van der Waals surface area contributed by atoms with E-state index < -0.39 is 0 Å². The van der Waals surface area contributed by atoms with Crippen molar-refractivity contribution in [3.05, 3.63) is 70.3 Å². The van der Waals surface area contributed by atoms with Gasteiger partial charge in [0.25, 0.3) is 5.91 Å². The summed E-state index contributed by atoms with van der Waals surface area (Å²) in [5.74, 6) is 1.41. The second-order valence-corrected chi connectivity index (χ2v) is 11.8. The molecule has 0 bridgehead atoms. The van der Waals surface area contributed by atoms with E-state index in [1.165, 1.54) is 11.3 Å². The first kappa shape index (κ1) is 28.3. The summed E-state index contributed by atoms with van der Waals surface area (Å²) in [6.45, 7) is 2.94. The SMILES string of the molecule is CCOc1ccc(-c2cnc(N(C)C)nc2)cc1CN(C(=O)c1sc2ccccc2c1Cl)C1CCC(NC)CC1. The fourth-order valence-electron chi connectivity index (χ4n) is 5.39. The van der Waals surface area contributed by atoms with Gasteiger partial charge in [-0.05, 0) is 63.4 Å². The van der Waals surface area contributed by atoms with Crippen molar-refractivity contribution in [2.24, 2.45) is 0 Å². The molecule has 9 heteroatoms. The largest absolute Gasteiger partial charge is 0.494 e. The molecule has 0 saturated heterocycles. The number of rotatable bonds is 9. The van der Waals surface area contributed by atoms with Gasteiger partial charge in [-0.2, -0.15) is 0 Å². The molecule has 1 amide bonds. The zero-order valence-electron chi connectivity index (χ0n) is 23.5. The van der Waals surface area contributed by atoms with Crippen molar-refractivity contribution >= 4 is 44.9 Å². The van der Waals surface area contributed by atoms with Crippen LogP contribution in [0.2, 0.25) is 5.02 Å². The molecular weight excluding hydrogens is 542 g/mol. The van der Waals surface area contributed by atoms with Gasteiger partial charge < -0.3 is 19.9 Å². The lowest BCUT2D eigenvalue weighted by atomic mass is 9.89. The van der Waals surface area contributed by atoms with Gasteiger partial charge in [0.15, 0.2) is 0 Å². The van der Waals surface area contributed by atoms with Gasteiger partial charge in [0, 0.05) is 66.3 Å². The molecule has 40 heavy (non-hydrogen) atoms. The van der Waals surface area contributed by atoms with Gasteiger partial charge in [-0.15, -0.1) is 11.3 Å². The van der Waals surface area contributed by atoms with Crippen molar-refractivity contribution in [3.8, 4) is 16.9 Å². The topological polar surface area (TPSA) is 70.6 Å². The Kier molecular flexibility index (Phi) is 8.88. The molecule has 5 rings (SSSR count). The minimum absolute atomic E-state index is 0.0226. The third-order valence-electron chi connectivity index (χ3n) is 7.61. The Hall–Kier alpha value is -3.20. The number of amides is 1. The average molecular weight is 578 g/mol. The van der Waals surface area contributed by atoms with E-state index in [0.717, 1.165) is 58.2 Å². The van der Waals surface area contributed by atoms with E-state index in [4.69, 9.17) is 16.3 Å². The number of carbonyl (C=O) groups is 1. The number of carbonyl (C=O) groups excluding carboxylic acids is 1. The molecule has 1 aliphatic rings. The Labute approximate surface area is 245 Å². The normalized spacial score (nSPS) is 17.1. The quantitative estimate of drug-likeness (QED) is 0.240. The number of ether oxygens (including phenoxy) is 1. The van der Waals surface area contributed by atoms with Crippen LogP contribution in [0.3, 0.4) is 0 Å². The van der Waals surface area contributed by atoms with Gasteiger partial charge >= 0.3 is 0 Å². The summed E-state index contributed by atoms with van der Waals surface area (Å²) in [4.78, 5) is 27.8. The molecule has 4 aromatic rings. The fraction of sp³-hybridized carbons (Fsp3) is 0.387. The van der Waals surface area contributed by atoms with Crippen LogP contribution in [0.1, 0.15) is 47.8 Å². The number of hydrogen-bond donors (Lipinski definition) is 1. The standard InChI is InChI=1S/C31H36ClN5O2S/c1-5-39-26-15-10-20(22-17-34-31(35-18-22)36(3)4)16-21(26)19-37(24-13-11-23(33-2)12-14-24)30(38)29-28(32)25-8-6-7-9-27(25)40-29/h6-10,15-18,23-24,33H,5,11-14,19H2,1-4H3. The molecule has 1 N–H and O–H groups in total. The lowest BCUT2D eigenvalue weighted by Gasteiger charge is -2.37. The van der Waals surface area contributed by atoms with E-state index >= 15 is 0 Å². The van der Waals surface area contributed by atoms with Crippen LogP contribution in [-0.4, -0.2) is 60.6 Å². The maximum Gasteiger partial charge on any atom is 0.266 e. The number of halogens is 1. The molecule has 0 atom stereocenters. The first-order valence-corrected chi connectivity index (χ1v) is 15.0. The van der Waals surface area contributed by atoms with Crippen molar-refractivity contribution in [1.29, 1.82) is 0 Å². The number of anilines is 1. The molecule has 0 spiro atoms. The lowest BCUT2D eigenvalue weighted by molar-refractivity contribution is 0.0604. The number of nitrogens with one attached hydrogen (secondary N) is 1. The van der Waals surface area contributed by atoms with Gasteiger partial charge in [0.05, 0.1) is 11.6 Å². The Morgan fingerprint density at radius 2 is 1.80 bits per heavy atom. The molecule has 0 radical (unpaired) electrons. The van der Waals surface area contributed by atoms with Gasteiger partial charge in [0.1, 0.15) is 10.6 Å². The first-order chi connectivity index (χ1) is 19.4. The van der Waals surface area contributed by atoms with Crippen LogP contribution in [0.4, 0.5) is 5.95 Å². The van der Waals surface area contributed by atoms with Crippen LogP contribution < -0.4 is 15.0 Å². The number of hydrogen-bond acceptors (Lipinski definition) is 7. The molecule has 2 aromatic carbocycles. The number of fused-ring (bicyclic) bond motifs is 1. The summed E-state index contributed by atoms with van der Waals surface area (Å²) in [7, 11) is 5.85. The Morgan fingerprint density at radius 1 is 1.07 bits per heavy atom. The average Bonchev–Trinajstić information content (AvgIpc) is 3.33. The van der Waals surface area contributed by atoms with Crippen molar-refractivity contribution in [2.75, 3.05) is 32.6 Å². The highest BCUT2D eigenvalue weighted by Crippen LogP contribution is 2.38. The third-order valence-corrected chi connectivity index (χ3v) is 9.27. The molecule has 2 heterocycles. The smallest absolute Gasteiger partial charge is 0.266 e. The van der Waals surface area contributed by atoms with Gasteiger partial charge in [-0.1, -0.05) is 35.9 Å². The van der Waals surface area contributed by atoms with Crippen LogP contribution in [0.25, 0.3) is 21.2 Å². The van der Waals surface area contributed by atoms with Crippen molar-refractivity contribution in [1.82, 2.24) is 20.2 Å². The van der Waals surface area contributed by atoms with Crippen LogP contribution in [0, 0.1) is 0 Å². The van der Waals surface area contributed by atoms with E-state index in [2.05, 4.69) is 21.4 Å². The molecule has 0 aliphatic heterocycles. The van der Waals surface area contributed by atoms with E-state index in [0.29, 0.717) is 35.0 Å². The molecule has 7 nitrogen and oxygen atoms in total. The molecule has 2 aromatic heterocycles. The summed E-state index contributed by atoms with van der Waals surface area (Å²) in [5.41, 5.74) is 2.85. The number of thiophene rings is 1. The zero-order chi connectivity index (χ0) is 28.2. The molecule has 1 aliphatic carbocycles. The molecule has 210 valence electrons. The highest BCUT2D eigenvalue weighted by Gasteiger charge is 2.32. The summed E-state index contributed by atoms with van der Waals surface area (Å²) in [5, 5.41) is 4.87. The van der Waals surface area contributed by atoms with E-state index in [-0.39, 0.29) is 11.9 Å². The number of aromatic nitrogens is 2. The van der Waals surface area contributed by atoms with Gasteiger partial charge in [-0.3, -0.25) is 4.79 Å². The summed E-state index contributed by atoms with van der Waals surface area (Å²) >= 11 is 8.29.